The van der Waals surface area contributed by atoms with E-state index in [1.54, 1.807) is 20.8 Å². The van der Waals surface area contributed by atoms with Crippen LogP contribution >= 0.6 is 0 Å². The zero-order valence-corrected chi connectivity index (χ0v) is 12.9. The van der Waals surface area contributed by atoms with E-state index >= 15 is 0 Å². The summed E-state index contributed by atoms with van der Waals surface area (Å²) in [5, 5.41) is 11.0. The van der Waals surface area contributed by atoms with Crippen LogP contribution in [-0.4, -0.2) is 23.4 Å². The van der Waals surface area contributed by atoms with Gasteiger partial charge < -0.3 is 15.2 Å². The topological polar surface area (TPSA) is 58.6 Å². The number of alkyl halides is 2. The minimum absolute atomic E-state index is 0.114. The molecule has 0 saturated heterocycles. The normalized spacial score (nSPS) is 13.6. The molecule has 0 spiro atoms. The van der Waals surface area contributed by atoms with Crippen LogP contribution in [0.2, 0.25) is 0 Å². The number of benzene rings is 1. The Morgan fingerprint density at radius 2 is 1.95 bits per heavy atom. The third kappa shape index (κ3) is 4.62. The summed E-state index contributed by atoms with van der Waals surface area (Å²) in [5.74, 6) is -4.85. The van der Waals surface area contributed by atoms with Gasteiger partial charge in [0.25, 0.3) is 5.92 Å². The molecule has 0 aliphatic carbocycles. The lowest BCUT2D eigenvalue weighted by Gasteiger charge is -2.23. The first-order valence-electron chi connectivity index (χ1n) is 6.75. The van der Waals surface area contributed by atoms with Crippen molar-refractivity contribution < 1.29 is 27.8 Å². The number of ether oxygens (including phenoxy) is 1. The molecule has 0 heterocycles. The van der Waals surface area contributed by atoms with Crippen LogP contribution < -0.4 is 5.32 Å². The van der Waals surface area contributed by atoms with Crippen molar-refractivity contribution >= 4 is 6.09 Å². The molecule has 0 saturated carbocycles. The highest BCUT2D eigenvalue weighted by Gasteiger charge is 2.35. The second-order valence-corrected chi connectivity index (χ2v) is 5.94. The molecule has 1 aromatic carbocycles. The Labute approximate surface area is 127 Å². The Balaban J connectivity index is 2.98. The summed E-state index contributed by atoms with van der Waals surface area (Å²) in [7, 11) is 0. The highest BCUT2D eigenvalue weighted by molar-refractivity contribution is 5.68. The van der Waals surface area contributed by atoms with Gasteiger partial charge in [0, 0.05) is 5.56 Å². The van der Waals surface area contributed by atoms with Gasteiger partial charge in [-0.05, 0) is 33.8 Å². The van der Waals surface area contributed by atoms with E-state index in [0.717, 1.165) is 6.07 Å². The highest BCUT2D eigenvalue weighted by Crippen LogP contribution is 2.32. The number of carbonyl (C=O) groups excluding carboxylic acids is 1. The number of aliphatic hydroxyl groups is 1. The molecule has 124 valence electrons. The van der Waals surface area contributed by atoms with Gasteiger partial charge in [-0.15, -0.1) is 0 Å². The fourth-order valence-electron chi connectivity index (χ4n) is 1.81. The monoisotopic (exact) mass is 319 g/mol. The summed E-state index contributed by atoms with van der Waals surface area (Å²) < 4.78 is 46.2. The Morgan fingerprint density at radius 1 is 1.36 bits per heavy atom. The summed E-state index contributed by atoms with van der Waals surface area (Å²) >= 11 is 0. The molecule has 1 unspecified atom stereocenters. The number of hydrogen-bond donors (Lipinski definition) is 2. The maximum absolute atomic E-state index is 14.2. The molecule has 1 amide bonds. The molecule has 4 nitrogen and oxygen atoms in total. The summed E-state index contributed by atoms with van der Waals surface area (Å²) in [6, 6.07) is 2.55. The molecule has 2 N–H and O–H groups in total. The number of rotatable bonds is 4. The fourth-order valence-corrected chi connectivity index (χ4v) is 1.81. The van der Waals surface area contributed by atoms with Gasteiger partial charge in [-0.3, -0.25) is 0 Å². The maximum atomic E-state index is 14.2. The molecule has 0 fully saturated rings. The van der Waals surface area contributed by atoms with Crippen molar-refractivity contribution in [2.75, 3.05) is 6.61 Å². The molecule has 0 bridgehead atoms. The lowest BCUT2D eigenvalue weighted by molar-refractivity contribution is -0.0584. The third-order valence-electron chi connectivity index (χ3n) is 2.82. The van der Waals surface area contributed by atoms with Crippen LogP contribution in [-0.2, 0) is 10.7 Å². The van der Waals surface area contributed by atoms with Crippen LogP contribution in [0.4, 0.5) is 18.0 Å². The van der Waals surface area contributed by atoms with Gasteiger partial charge >= 0.3 is 6.09 Å². The molecule has 22 heavy (non-hydrogen) atoms. The minimum Gasteiger partial charge on any atom is -0.444 e. The SMILES string of the molecule is CC(NC(=O)OC(C)(C)C)c1cccc(C(F)(F)CO)c1F. The van der Waals surface area contributed by atoms with E-state index in [4.69, 9.17) is 9.84 Å². The first-order valence-corrected chi connectivity index (χ1v) is 6.75. The van der Waals surface area contributed by atoms with Crippen LogP contribution in [0.1, 0.15) is 44.9 Å². The van der Waals surface area contributed by atoms with Gasteiger partial charge in [-0.25, -0.2) is 9.18 Å². The lowest BCUT2D eigenvalue weighted by Crippen LogP contribution is -2.34. The van der Waals surface area contributed by atoms with Crippen molar-refractivity contribution in [2.45, 2.75) is 45.3 Å². The summed E-state index contributed by atoms with van der Waals surface area (Å²) in [5.41, 5.74) is -1.75. The van der Waals surface area contributed by atoms with Crippen molar-refractivity contribution in [3.05, 3.63) is 35.1 Å². The van der Waals surface area contributed by atoms with Gasteiger partial charge in [0.2, 0.25) is 0 Å². The van der Waals surface area contributed by atoms with Crippen molar-refractivity contribution in [1.82, 2.24) is 5.32 Å². The van der Waals surface area contributed by atoms with Gasteiger partial charge in [-0.2, -0.15) is 8.78 Å². The third-order valence-corrected chi connectivity index (χ3v) is 2.82. The highest BCUT2D eigenvalue weighted by atomic mass is 19.3. The molecule has 1 atom stereocenters. The van der Waals surface area contributed by atoms with E-state index in [2.05, 4.69) is 5.32 Å². The molecule has 0 radical (unpaired) electrons. The van der Waals surface area contributed by atoms with Crippen LogP contribution in [0, 0.1) is 5.82 Å². The number of nitrogens with one attached hydrogen (secondary N) is 1. The number of hydrogen-bond acceptors (Lipinski definition) is 3. The largest absolute Gasteiger partial charge is 0.444 e. The first kappa shape index (κ1) is 18.3. The molecular weight excluding hydrogens is 299 g/mol. The van der Waals surface area contributed by atoms with E-state index < -0.39 is 41.6 Å². The van der Waals surface area contributed by atoms with E-state index in [-0.39, 0.29) is 5.56 Å². The van der Waals surface area contributed by atoms with Crippen molar-refractivity contribution in [2.24, 2.45) is 0 Å². The van der Waals surface area contributed by atoms with Crippen LogP contribution in [0.25, 0.3) is 0 Å². The van der Waals surface area contributed by atoms with E-state index in [1.807, 2.05) is 0 Å². The molecule has 0 aliphatic heterocycles. The van der Waals surface area contributed by atoms with Gasteiger partial charge in [0.05, 0.1) is 11.6 Å². The molecule has 1 aromatic rings. The minimum atomic E-state index is -3.69. The summed E-state index contributed by atoms with van der Waals surface area (Å²) in [6.07, 6.45) is -0.779. The quantitative estimate of drug-likeness (QED) is 0.893. The number of carbonyl (C=O) groups is 1. The van der Waals surface area contributed by atoms with Crippen LogP contribution in [0.5, 0.6) is 0 Å². The average Bonchev–Trinajstić information content (AvgIpc) is 2.36. The Morgan fingerprint density at radius 3 is 2.45 bits per heavy atom. The second-order valence-electron chi connectivity index (χ2n) is 5.94. The zero-order valence-electron chi connectivity index (χ0n) is 12.9. The Kier molecular flexibility index (Phi) is 5.45. The van der Waals surface area contributed by atoms with Gasteiger partial charge in [-0.1, -0.05) is 12.1 Å². The Bertz CT molecular complexity index is 541. The van der Waals surface area contributed by atoms with E-state index in [1.165, 1.54) is 19.1 Å². The Hall–Kier alpha value is -1.76. The standard InChI is InChI=1S/C15H20F3NO3/c1-9(19-13(21)22-14(2,3)4)10-6-5-7-11(12(10)16)15(17,18)8-20/h5-7,9,20H,8H2,1-4H3,(H,19,21). The lowest BCUT2D eigenvalue weighted by atomic mass is 10.0. The molecule has 0 aromatic heterocycles. The van der Waals surface area contributed by atoms with E-state index in [9.17, 15) is 18.0 Å². The molecule has 1 rings (SSSR count). The molecular formula is C15H20F3NO3. The predicted octanol–water partition coefficient (Wildman–Crippen LogP) is 3.50. The smallest absolute Gasteiger partial charge is 0.408 e. The molecule has 0 aliphatic rings. The summed E-state index contributed by atoms with van der Waals surface area (Å²) in [6.45, 7) is 4.95. The van der Waals surface area contributed by atoms with Crippen molar-refractivity contribution in [3.8, 4) is 0 Å². The van der Waals surface area contributed by atoms with Crippen LogP contribution in [0.15, 0.2) is 18.2 Å². The number of alkyl carbamates (subject to hydrolysis) is 1. The molecule has 7 heteroatoms. The van der Waals surface area contributed by atoms with Crippen molar-refractivity contribution in [3.63, 3.8) is 0 Å². The number of aliphatic hydroxyl groups excluding tert-OH is 1. The average molecular weight is 319 g/mol. The number of amides is 1. The van der Waals surface area contributed by atoms with Crippen LogP contribution in [0.3, 0.4) is 0 Å². The number of halogens is 3. The van der Waals surface area contributed by atoms with E-state index in [0.29, 0.717) is 0 Å². The second kappa shape index (κ2) is 6.56. The van der Waals surface area contributed by atoms with Crippen molar-refractivity contribution in [1.29, 1.82) is 0 Å². The maximum Gasteiger partial charge on any atom is 0.408 e. The predicted molar refractivity (Wildman–Crippen MR) is 75.2 cm³/mol. The summed E-state index contributed by atoms with van der Waals surface area (Å²) in [4.78, 5) is 11.6. The van der Waals surface area contributed by atoms with Gasteiger partial charge in [0.1, 0.15) is 18.0 Å². The van der Waals surface area contributed by atoms with Gasteiger partial charge in [0.15, 0.2) is 0 Å². The first-order chi connectivity index (χ1) is 9.98. The fraction of sp³-hybridized carbons (Fsp3) is 0.533. The zero-order chi connectivity index (χ0) is 17.1.